The number of alkyl carbamates (subject to hydrolysis) is 1. The van der Waals surface area contributed by atoms with Gasteiger partial charge in [0.15, 0.2) is 0 Å². The third-order valence-electron chi connectivity index (χ3n) is 6.53. The first-order valence-corrected chi connectivity index (χ1v) is 11.2. The van der Waals surface area contributed by atoms with Gasteiger partial charge >= 0.3 is 12.1 Å². The molecule has 3 aromatic rings. The van der Waals surface area contributed by atoms with Crippen molar-refractivity contribution >= 4 is 18.0 Å². The summed E-state index contributed by atoms with van der Waals surface area (Å²) in [6.45, 7) is 0.397. The van der Waals surface area contributed by atoms with Gasteiger partial charge in [0.05, 0.1) is 5.92 Å². The van der Waals surface area contributed by atoms with Crippen LogP contribution in [0.15, 0.2) is 78.9 Å². The zero-order chi connectivity index (χ0) is 23.7. The summed E-state index contributed by atoms with van der Waals surface area (Å²) in [5.41, 5.74) is 5.09. The molecule has 0 unspecified atom stereocenters. The summed E-state index contributed by atoms with van der Waals surface area (Å²) in [6, 6.07) is 24.1. The van der Waals surface area contributed by atoms with Crippen LogP contribution in [-0.2, 0) is 14.3 Å². The molecular formula is C27H24N2O5. The van der Waals surface area contributed by atoms with Crippen LogP contribution in [0.25, 0.3) is 11.1 Å². The molecule has 0 saturated carbocycles. The van der Waals surface area contributed by atoms with Crippen molar-refractivity contribution in [2.75, 3.05) is 19.7 Å². The number of ether oxygens (including phenoxy) is 1. The summed E-state index contributed by atoms with van der Waals surface area (Å²) in [5, 5.41) is 11.8. The van der Waals surface area contributed by atoms with Gasteiger partial charge in [0.2, 0.25) is 5.91 Å². The number of carbonyl (C=O) groups excluding carboxylic acids is 2. The second-order valence-corrected chi connectivity index (χ2v) is 8.59. The number of hydrogen-bond donors (Lipinski definition) is 2. The molecule has 3 aromatic carbocycles. The largest absolute Gasteiger partial charge is 0.481 e. The number of hydrogen-bond acceptors (Lipinski definition) is 4. The van der Waals surface area contributed by atoms with Crippen LogP contribution in [0.1, 0.15) is 28.7 Å². The van der Waals surface area contributed by atoms with E-state index in [-0.39, 0.29) is 31.5 Å². The van der Waals surface area contributed by atoms with Gasteiger partial charge in [0, 0.05) is 19.0 Å². The molecule has 7 nitrogen and oxygen atoms in total. The van der Waals surface area contributed by atoms with Gasteiger partial charge in [-0.15, -0.1) is 0 Å². The Morgan fingerprint density at radius 2 is 1.44 bits per heavy atom. The fraction of sp³-hybridized carbons (Fsp3) is 0.222. The number of aliphatic carboxylic acids is 1. The van der Waals surface area contributed by atoms with E-state index in [0.717, 1.165) is 22.3 Å². The van der Waals surface area contributed by atoms with Gasteiger partial charge in [-0.2, -0.15) is 0 Å². The number of amides is 2. The predicted octanol–water partition coefficient (Wildman–Crippen LogP) is 3.81. The van der Waals surface area contributed by atoms with Crippen LogP contribution < -0.4 is 5.32 Å². The lowest BCUT2D eigenvalue weighted by Crippen LogP contribution is -2.56. The number of carboxylic acids is 1. The number of fused-ring (bicyclic) bond motifs is 3. The van der Waals surface area contributed by atoms with Crippen molar-refractivity contribution < 1.29 is 24.2 Å². The van der Waals surface area contributed by atoms with Crippen molar-refractivity contribution in [2.24, 2.45) is 5.92 Å². The third-order valence-corrected chi connectivity index (χ3v) is 6.53. The van der Waals surface area contributed by atoms with E-state index in [9.17, 15) is 14.4 Å². The van der Waals surface area contributed by atoms with Gasteiger partial charge in [-0.3, -0.25) is 9.59 Å². The van der Waals surface area contributed by atoms with Crippen LogP contribution in [-0.4, -0.2) is 47.7 Å². The number of nitrogens with one attached hydrogen (secondary N) is 1. The summed E-state index contributed by atoms with van der Waals surface area (Å²) in [7, 11) is 0. The van der Waals surface area contributed by atoms with E-state index in [0.29, 0.717) is 5.56 Å². The molecule has 2 N–H and O–H groups in total. The first-order valence-electron chi connectivity index (χ1n) is 11.2. The van der Waals surface area contributed by atoms with E-state index in [4.69, 9.17) is 9.84 Å². The average Bonchev–Trinajstić information content (AvgIpc) is 3.14. The highest BCUT2D eigenvalue weighted by Gasteiger charge is 2.39. The van der Waals surface area contributed by atoms with Gasteiger partial charge in [0.25, 0.3) is 0 Å². The molecule has 1 heterocycles. The molecule has 34 heavy (non-hydrogen) atoms. The molecule has 2 amide bonds. The second kappa shape index (κ2) is 9.02. The topological polar surface area (TPSA) is 95.9 Å². The van der Waals surface area contributed by atoms with Crippen molar-refractivity contribution in [1.82, 2.24) is 10.2 Å². The Bertz CT molecular complexity index is 1190. The number of nitrogens with zero attached hydrogens (tertiary/aromatic N) is 1. The van der Waals surface area contributed by atoms with E-state index in [1.54, 1.807) is 24.3 Å². The molecule has 0 radical (unpaired) electrons. The number of rotatable bonds is 6. The highest BCUT2D eigenvalue weighted by molar-refractivity contribution is 5.89. The first-order chi connectivity index (χ1) is 16.5. The minimum absolute atomic E-state index is 0.0873. The molecule has 7 heteroatoms. The lowest BCUT2D eigenvalue weighted by molar-refractivity contribution is -0.153. The summed E-state index contributed by atoms with van der Waals surface area (Å²) in [5.74, 6) is -1.94. The maximum atomic E-state index is 13.1. The predicted molar refractivity (Wildman–Crippen MR) is 125 cm³/mol. The van der Waals surface area contributed by atoms with Crippen LogP contribution in [0.3, 0.4) is 0 Å². The third kappa shape index (κ3) is 4.01. The lowest BCUT2D eigenvalue weighted by atomic mass is 9.97. The smallest absolute Gasteiger partial charge is 0.408 e. The maximum Gasteiger partial charge on any atom is 0.408 e. The summed E-state index contributed by atoms with van der Waals surface area (Å²) < 4.78 is 5.62. The van der Waals surface area contributed by atoms with Gasteiger partial charge in [-0.1, -0.05) is 78.9 Å². The van der Waals surface area contributed by atoms with E-state index in [1.165, 1.54) is 4.90 Å². The molecule has 5 rings (SSSR count). The molecule has 0 spiro atoms. The van der Waals surface area contributed by atoms with Gasteiger partial charge in [-0.05, 0) is 27.8 Å². The zero-order valence-corrected chi connectivity index (χ0v) is 18.4. The fourth-order valence-electron chi connectivity index (χ4n) is 4.69. The van der Waals surface area contributed by atoms with Crippen molar-refractivity contribution in [3.63, 3.8) is 0 Å². The molecular weight excluding hydrogens is 432 g/mol. The molecule has 0 aromatic heterocycles. The van der Waals surface area contributed by atoms with E-state index >= 15 is 0 Å². The van der Waals surface area contributed by atoms with Crippen LogP contribution in [0, 0.1) is 5.92 Å². The zero-order valence-electron chi connectivity index (χ0n) is 18.4. The standard InChI is InChI=1S/C27H24N2O5/c30-25(29-14-18(15-29)26(31)32)24(17-8-2-1-3-9-17)28-27(33)34-16-23-21-12-6-4-10-19(21)20-11-5-7-13-22(20)23/h1-13,18,23-24H,14-16H2,(H,28,33)(H,31,32)/t24-/m0/s1. The molecule has 1 aliphatic heterocycles. The van der Waals surface area contributed by atoms with E-state index < -0.39 is 24.0 Å². The Kier molecular flexibility index (Phi) is 5.76. The van der Waals surface area contributed by atoms with Crippen LogP contribution in [0.2, 0.25) is 0 Å². The SMILES string of the molecule is O=C(N[C@H](C(=O)N1CC(C(=O)O)C1)c1ccccc1)OCC1c2ccccc2-c2ccccc21. The quantitative estimate of drug-likeness (QED) is 0.588. The van der Waals surface area contributed by atoms with Gasteiger partial charge < -0.3 is 20.1 Å². The van der Waals surface area contributed by atoms with Crippen LogP contribution in [0.5, 0.6) is 0 Å². The number of likely N-dealkylation sites (tertiary alicyclic amines) is 1. The Hall–Kier alpha value is -4.13. The Morgan fingerprint density at radius 3 is 2.03 bits per heavy atom. The Balaban J connectivity index is 1.29. The summed E-state index contributed by atoms with van der Waals surface area (Å²) >= 11 is 0. The van der Waals surface area contributed by atoms with Crippen molar-refractivity contribution in [2.45, 2.75) is 12.0 Å². The lowest BCUT2D eigenvalue weighted by Gasteiger charge is -2.38. The molecule has 2 aliphatic rings. The summed E-state index contributed by atoms with van der Waals surface area (Å²) in [6.07, 6.45) is -0.695. The van der Waals surface area contributed by atoms with E-state index in [1.807, 2.05) is 42.5 Å². The Morgan fingerprint density at radius 1 is 0.882 bits per heavy atom. The summed E-state index contributed by atoms with van der Waals surface area (Å²) in [4.78, 5) is 38.5. The van der Waals surface area contributed by atoms with Crippen molar-refractivity contribution in [1.29, 1.82) is 0 Å². The van der Waals surface area contributed by atoms with Crippen LogP contribution >= 0.6 is 0 Å². The van der Waals surface area contributed by atoms with Crippen LogP contribution in [0.4, 0.5) is 4.79 Å². The first kappa shape index (κ1) is 21.7. The minimum atomic E-state index is -0.952. The van der Waals surface area contributed by atoms with Crippen molar-refractivity contribution in [3.8, 4) is 11.1 Å². The molecule has 0 bridgehead atoms. The highest BCUT2D eigenvalue weighted by atomic mass is 16.5. The molecule has 1 fully saturated rings. The number of benzene rings is 3. The highest BCUT2D eigenvalue weighted by Crippen LogP contribution is 2.44. The van der Waals surface area contributed by atoms with Gasteiger partial charge in [-0.25, -0.2) is 4.79 Å². The van der Waals surface area contributed by atoms with Gasteiger partial charge in [0.1, 0.15) is 12.6 Å². The number of carboxylic acid groups (broad SMARTS) is 1. The molecule has 1 aliphatic carbocycles. The normalized spacial score (nSPS) is 15.6. The molecule has 1 saturated heterocycles. The molecule has 172 valence electrons. The fourth-order valence-corrected chi connectivity index (χ4v) is 4.69. The molecule has 1 atom stereocenters. The minimum Gasteiger partial charge on any atom is -0.481 e. The average molecular weight is 456 g/mol. The monoisotopic (exact) mass is 456 g/mol. The Labute approximate surface area is 197 Å². The van der Waals surface area contributed by atoms with Crippen molar-refractivity contribution in [3.05, 3.63) is 95.6 Å². The maximum absolute atomic E-state index is 13.1. The number of carbonyl (C=O) groups is 3. The van der Waals surface area contributed by atoms with E-state index in [2.05, 4.69) is 17.4 Å². The second-order valence-electron chi connectivity index (χ2n) is 8.59.